The second-order valence-electron chi connectivity index (χ2n) is 5.98. The van der Waals surface area contributed by atoms with E-state index in [1.807, 2.05) is 20.8 Å². The molecule has 1 aromatic rings. The highest BCUT2D eigenvalue weighted by atomic mass is 79.9. The largest absolute Gasteiger partial charge is 0.478 e. The first-order chi connectivity index (χ1) is 10.8. The third kappa shape index (κ3) is 5.34. The highest BCUT2D eigenvalue weighted by Gasteiger charge is 2.24. The average Bonchev–Trinajstić information content (AvgIpc) is 2.50. The summed E-state index contributed by atoms with van der Waals surface area (Å²) in [7, 11) is 0. The predicted octanol–water partition coefficient (Wildman–Crippen LogP) is 5.08. The Bertz CT molecular complexity index is 566. The summed E-state index contributed by atoms with van der Waals surface area (Å²) in [6.45, 7) is 8.05. The maximum Gasteiger partial charge on any atom is 0.339 e. The molecule has 4 nitrogen and oxygen atoms in total. The lowest BCUT2D eigenvalue weighted by atomic mass is 10.00. The van der Waals surface area contributed by atoms with Gasteiger partial charge in [-0.3, -0.25) is 0 Å². The molecule has 128 valence electrons. The summed E-state index contributed by atoms with van der Waals surface area (Å²) in [5.41, 5.74) is 0.980. The van der Waals surface area contributed by atoms with Crippen LogP contribution in [0.25, 0.3) is 0 Å². The van der Waals surface area contributed by atoms with E-state index in [1.165, 1.54) is 6.07 Å². The molecule has 5 heteroatoms. The van der Waals surface area contributed by atoms with Gasteiger partial charge >= 0.3 is 11.9 Å². The molecule has 0 radical (unpaired) electrons. The average molecular weight is 385 g/mol. The van der Waals surface area contributed by atoms with E-state index in [0.717, 1.165) is 24.8 Å². The van der Waals surface area contributed by atoms with E-state index in [0.29, 0.717) is 10.9 Å². The van der Waals surface area contributed by atoms with Gasteiger partial charge in [0.1, 0.15) is 6.10 Å². The summed E-state index contributed by atoms with van der Waals surface area (Å²) in [5.74, 6) is -1.49. The lowest BCUT2D eigenvalue weighted by Crippen LogP contribution is -2.25. The van der Waals surface area contributed by atoms with E-state index in [9.17, 15) is 14.7 Å². The van der Waals surface area contributed by atoms with Crippen LogP contribution in [0.1, 0.15) is 73.2 Å². The van der Waals surface area contributed by atoms with E-state index in [2.05, 4.69) is 22.9 Å². The lowest BCUT2D eigenvalue weighted by Gasteiger charge is -2.22. The van der Waals surface area contributed by atoms with Crippen molar-refractivity contribution in [3.63, 3.8) is 0 Å². The molecule has 0 spiro atoms. The van der Waals surface area contributed by atoms with E-state index in [4.69, 9.17) is 4.74 Å². The third-order valence-electron chi connectivity index (χ3n) is 3.86. The number of carboxylic acids is 1. The zero-order chi connectivity index (χ0) is 17.6. The molecule has 0 heterocycles. The van der Waals surface area contributed by atoms with Gasteiger partial charge in [-0.25, -0.2) is 9.59 Å². The van der Waals surface area contributed by atoms with Crippen LogP contribution in [0.2, 0.25) is 0 Å². The lowest BCUT2D eigenvalue weighted by molar-refractivity contribution is 0.0148. The van der Waals surface area contributed by atoms with E-state index < -0.39 is 11.9 Å². The topological polar surface area (TPSA) is 63.6 Å². The highest BCUT2D eigenvalue weighted by molar-refractivity contribution is 9.10. The molecule has 0 aliphatic heterocycles. The molecular weight excluding hydrogens is 360 g/mol. The highest BCUT2D eigenvalue weighted by Crippen LogP contribution is 2.25. The molecule has 1 aromatic carbocycles. The Morgan fingerprint density at radius 3 is 2.35 bits per heavy atom. The zero-order valence-corrected chi connectivity index (χ0v) is 15.8. The molecule has 0 aliphatic carbocycles. The Kier molecular flexibility index (Phi) is 7.76. The maximum atomic E-state index is 12.5. The van der Waals surface area contributed by atoms with E-state index >= 15 is 0 Å². The van der Waals surface area contributed by atoms with Crippen molar-refractivity contribution in [2.24, 2.45) is 5.92 Å². The number of rotatable bonds is 8. The standard InChI is InChI=1S/C18H25BrO4/c1-5-7-8-16(11(3)4)23-18(22)14-9-12(6-2)15(19)10-13(14)17(20)21/h9-11,16H,5-8H2,1-4H3,(H,20,21). The molecule has 1 N–H and O–H groups in total. The number of ether oxygens (including phenoxy) is 1. The Labute approximate surface area is 146 Å². The number of carbonyl (C=O) groups is 2. The van der Waals surface area contributed by atoms with Crippen molar-refractivity contribution in [2.45, 2.75) is 59.5 Å². The van der Waals surface area contributed by atoms with Crippen LogP contribution in [-0.4, -0.2) is 23.1 Å². The molecule has 1 atom stereocenters. The van der Waals surface area contributed by atoms with Crippen molar-refractivity contribution in [3.8, 4) is 0 Å². The number of unbranched alkanes of at least 4 members (excludes halogenated alkanes) is 1. The quantitative estimate of drug-likeness (QED) is 0.634. The minimum Gasteiger partial charge on any atom is -0.478 e. The molecule has 23 heavy (non-hydrogen) atoms. The summed E-state index contributed by atoms with van der Waals surface area (Å²) in [5, 5.41) is 9.36. The molecule has 0 fully saturated rings. The normalized spacial score (nSPS) is 12.3. The number of aryl methyl sites for hydroxylation is 1. The van der Waals surface area contributed by atoms with Crippen molar-refractivity contribution in [2.75, 3.05) is 0 Å². The molecule has 1 unspecified atom stereocenters. The number of halogens is 1. The van der Waals surface area contributed by atoms with Gasteiger partial charge in [0.25, 0.3) is 0 Å². The van der Waals surface area contributed by atoms with Crippen molar-refractivity contribution in [1.29, 1.82) is 0 Å². The van der Waals surface area contributed by atoms with Gasteiger partial charge in [0.05, 0.1) is 11.1 Å². The van der Waals surface area contributed by atoms with E-state index in [1.54, 1.807) is 6.07 Å². The van der Waals surface area contributed by atoms with Crippen molar-refractivity contribution in [1.82, 2.24) is 0 Å². The van der Waals surface area contributed by atoms with Crippen LogP contribution in [0.4, 0.5) is 0 Å². The first-order valence-electron chi connectivity index (χ1n) is 8.08. The minimum atomic E-state index is -1.13. The van der Waals surface area contributed by atoms with Crippen LogP contribution >= 0.6 is 15.9 Å². The molecule has 0 saturated carbocycles. The van der Waals surface area contributed by atoms with Gasteiger partial charge in [-0.05, 0) is 36.5 Å². The van der Waals surface area contributed by atoms with Crippen LogP contribution in [0, 0.1) is 5.92 Å². The fourth-order valence-corrected chi connectivity index (χ4v) is 2.99. The monoisotopic (exact) mass is 384 g/mol. The molecule has 1 rings (SSSR count). The SMILES string of the molecule is CCCCC(OC(=O)c1cc(CC)c(Br)cc1C(=O)O)C(C)C. The van der Waals surface area contributed by atoms with Gasteiger partial charge in [-0.1, -0.05) is 56.5 Å². The van der Waals surface area contributed by atoms with Gasteiger partial charge in [0.15, 0.2) is 0 Å². The van der Waals surface area contributed by atoms with Crippen LogP contribution in [0.5, 0.6) is 0 Å². The number of carbonyl (C=O) groups excluding carboxylic acids is 1. The number of aromatic carboxylic acids is 1. The number of hydrogen-bond acceptors (Lipinski definition) is 3. The first-order valence-corrected chi connectivity index (χ1v) is 8.87. The summed E-state index contributed by atoms with van der Waals surface area (Å²) < 4.78 is 6.31. The van der Waals surface area contributed by atoms with Crippen molar-refractivity contribution < 1.29 is 19.4 Å². The molecule has 0 aliphatic rings. The summed E-state index contributed by atoms with van der Waals surface area (Å²) >= 11 is 3.35. The smallest absolute Gasteiger partial charge is 0.339 e. The van der Waals surface area contributed by atoms with Crippen molar-refractivity contribution in [3.05, 3.63) is 33.3 Å². The van der Waals surface area contributed by atoms with Gasteiger partial charge in [-0.15, -0.1) is 0 Å². The molecule has 0 saturated heterocycles. The molecular formula is C18H25BrO4. The maximum absolute atomic E-state index is 12.5. The first kappa shape index (κ1) is 19.7. The molecule has 0 aromatic heterocycles. The minimum absolute atomic E-state index is 0.0305. The molecule has 0 amide bonds. The van der Waals surface area contributed by atoms with Crippen LogP contribution in [0.3, 0.4) is 0 Å². The Balaban J connectivity index is 3.12. The number of hydrogen-bond donors (Lipinski definition) is 1. The summed E-state index contributed by atoms with van der Waals surface area (Å²) in [6, 6.07) is 3.10. The van der Waals surface area contributed by atoms with Crippen LogP contribution < -0.4 is 0 Å². The predicted molar refractivity (Wildman–Crippen MR) is 94.0 cm³/mol. The Hall–Kier alpha value is -1.36. The Morgan fingerprint density at radius 2 is 1.87 bits per heavy atom. The third-order valence-corrected chi connectivity index (χ3v) is 4.60. The summed E-state index contributed by atoms with van der Waals surface area (Å²) in [6.07, 6.45) is 3.30. The van der Waals surface area contributed by atoms with Gasteiger partial charge < -0.3 is 9.84 Å². The Morgan fingerprint density at radius 1 is 1.22 bits per heavy atom. The van der Waals surface area contributed by atoms with Crippen LogP contribution in [0.15, 0.2) is 16.6 Å². The fourth-order valence-electron chi connectivity index (χ4n) is 2.37. The summed E-state index contributed by atoms with van der Waals surface area (Å²) in [4.78, 5) is 24.0. The zero-order valence-electron chi connectivity index (χ0n) is 14.2. The van der Waals surface area contributed by atoms with Gasteiger partial charge in [-0.2, -0.15) is 0 Å². The second-order valence-corrected chi connectivity index (χ2v) is 6.83. The van der Waals surface area contributed by atoms with Crippen molar-refractivity contribution >= 4 is 27.9 Å². The fraction of sp³-hybridized carbons (Fsp3) is 0.556. The van der Waals surface area contributed by atoms with Crippen LogP contribution in [-0.2, 0) is 11.2 Å². The molecule has 0 bridgehead atoms. The van der Waals surface area contributed by atoms with Gasteiger partial charge in [0, 0.05) is 4.47 Å². The number of benzene rings is 1. The van der Waals surface area contributed by atoms with Gasteiger partial charge in [0.2, 0.25) is 0 Å². The number of carboxylic acid groups (broad SMARTS) is 1. The number of esters is 1. The second kappa shape index (κ2) is 9.06. The van der Waals surface area contributed by atoms with E-state index in [-0.39, 0.29) is 23.1 Å².